The standard InChI is InChI=1S/C11H13N5/c12-10(9-6-14-16-15-9)8-4-3-7-2-1-5-13-11(7)8/h1-2,5-6,8,10H,3-4,12H2,(H,14,15,16). The highest BCUT2D eigenvalue weighted by Gasteiger charge is 2.30. The van der Waals surface area contributed by atoms with Gasteiger partial charge in [-0.3, -0.25) is 4.98 Å². The van der Waals surface area contributed by atoms with E-state index < -0.39 is 0 Å². The molecule has 0 aromatic carbocycles. The van der Waals surface area contributed by atoms with Crippen molar-refractivity contribution in [3.8, 4) is 0 Å². The average Bonchev–Trinajstić information content (AvgIpc) is 2.98. The van der Waals surface area contributed by atoms with Crippen LogP contribution in [0.15, 0.2) is 24.5 Å². The van der Waals surface area contributed by atoms with Crippen LogP contribution < -0.4 is 5.73 Å². The first-order valence-electron chi connectivity index (χ1n) is 5.41. The van der Waals surface area contributed by atoms with Crippen molar-refractivity contribution in [2.45, 2.75) is 24.8 Å². The summed E-state index contributed by atoms with van der Waals surface area (Å²) >= 11 is 0. The minimum absolute atomic E-state index is 0.116. The van der Waals surface area contributed by atoms with E-state index in [9.17, 15) is 0 Å². The Bertz CT molecular complexity index is 479. The van der Waals surface area contributed by atoms with Crippen LogP contribution in [0.1, 0.15) is 35.3 Å². The van der Waals surface area contributed by atoms with Crippen molar-refractivity contribution in [3.63, 3.8) is 0 Å². The van der Waals surface area contributed by atoms with Crippen LogP contribution in [0.2, 0.25) is 0 Å². The van der Waals surface area contributed by atoms with Crippen molar-refractivity contribution in [2.75, 3.05) is 0 Å². The second-order valence-corrected chi connectivity index (χ2v) is 4.11. The van der Waals surface area contributed by atoms with Gasteiger partial charge < -0.3 is 5.73 Å². The molecule has 5 nitrogen and oxygen atoms in total. The molecule has 0 saturated carbocycles. The first-order chi connectivity index (χ1) is 7.86. The summed E-state index contributed by atoms with van der Waals surface area (Å²) in [6.07, 6.45) is 5.61. The molecule has 2 aromatic rings. The highest BCUT2D eigenvalue weighted by molar-refractivity contribution is 5.31. The third-order valence-electron chi connectivity index (χ3n) is 3.21. The maximum Gasteiger partial charge on any atom is 0.0998 e. The Labute approximate surface area is 93.1 Å². The number of aromatic nitrogens is 4. The largest absolute Gasteiger partial charge is 0.322 e. The van der Waals surface area contributed by atoms with E-state index in [4.69, 9.17) is 5.73 Å². The molecule has 2 atom stereocenters. The summed E-state index contributed by atoms with van der Waals surface area (Å²) in [6.45, 7) is 0. The Kier molecular flexibility index (Phi) is 2.18. The van der Waals surface area contributed by atoms with Crippen LogP contribution in [-0.2, 0) is 6.42 Å². The zero-order valence-electron chi connectivity index (χ0n) is 8.80. The Morgan fingerprint density at radius 3 is 3.25 bits per heavy atom. The molecule has 0 radical (unpaired) electrons. The normalized spacial score (nSPS) is 20.7. The topological polar surface area (TPSA) is 80.5 Å². The van der Waals surface area contributed by atoms with Gasteiger partial charge >= 0.3 is 0 Å². The van der Waals surface area contributed by atoms with E-state index >= 15 is 0 Å². The number of nitrogens with one attached hydrogen (secondary N) is 1. The minimum Gasteiger partial charge on any atom is -0.322 e. The summed E-state index contributed by atoms with van der Waals surface area (Å²) in [4.78, 5) is 4.43. The fourth-order valence-corrected chi connectivity index (χ4v) is 2.37. The third-order valence-corrected chi connectivity index (χ3v) is 3.21. The molecule has 5 heteroatoms. The third kappa shape index (κ3) is 1.40. The van der Waals surface area contributed by atoms with E-state index in [2.05, 4.69) is 26.5 Å². The van der Waals surface area contributed by atoms with Gasteiger partial charge in [0.15, 0.2) is 0 Å². The van der Waals surface area contributed by atoms with Crippen LogP contribution in [0, 0.1) is 0 Å². The number of fused-ring (bicyclic) bond motifs is 1. The van der Waals surface area contributed by atoms with Gasteiger partial charge in [0.1, 0.15) is 0 Å². The van der Waals surface area contributed by atoms with Crippen molar-refractivity contribution in [1.82, 2.24) is 20.4 Å². The number of pyridine rings is 1. The summed E-state index contributed by atoms with van der Waals surface area (Å²) < 4.78 is 0. The smallest absolute Gasteiger partial charge is 0.0998 e. The molecule has 0 aliphatic heterocycles. The molecular formula is C11H13N5. The lowest BCUT2D eigenvalue weighted by Crippen LogP contribution is -2.19. The number of hydrogen-bond acceptors (Lipinski definition) is 4. The van der Waals surface area contributed by atoms with E-state index in [0.29, 0.717) is 0 Å². The number of H-pyrrole nitrogens is 1. The number of nitrogens with two attached hydrogens (primary N) is 1. The molecule has 3 N–H and O–H groups in total. The van der Waals surface area contributed by atoms with Gasteiger partial charge in [0, 0.05) is 17.8 Å². The monoisotopic (exact) mass is 215 g/mol. The first-order valence-corrected chi connectivity index (χ1v) is 5.41. The van der Waals surface area contributed by atoms with E-state index in [-0.39, 0.29) is 12.0 Å². The molecule has 0 spiro atoms. The fourth-order valence-electron chi connectivity index (χ4n) is 2.37. The quantitative estimate of drug-likeness (QED) is 0.781. The zero-order chi connectivity index (χ0) is 11.0. The molecule has 2 unspecified atom stereocenters. The second-order valence-electron chi connectivity index (χ2n) is 4.11. The maximum atomic E-state index is 6.20. The van der Waals surface area contributed by atoms with Crippen LogP contribution in [0.4, 0.5) is 0 Å². The van der Waals surface area contributed by atoms with Crippen LogP contribution in [0.5, 0.6) is 0 Å². The lowest BCUT2D eigenvalue weighted by molar-refractivity contribution is 0.529. The SMILES string of the molecule is NC(c1cn[nH]n1)C1CCc2cccnc21. The van der Waals surface area contributed by atoms with Crippen LogP contribution >= 0.6 is 0 Å². The van der Waals surface area contributed by atoms with Gasteiger partial charge in [-0.25, -0.2) is 0 Å². The Balaban J connectivity index is 1.93. The van der Waals surface area contributed by atoms with Crippen LogP contribution in [-0.4, -0.2) is 20.4 Å². The molecule has 0 amide bonds. The first kappa shape index (κ1) is 9.47. The maximum absolute atomic E-state index is 6.20. The molecule has 82 valence electrons. The summed E-state index contributed by atoms with van der Waals surface area (Å²) in [5.74, 6) is 0.265. The molecule has 0 saturated heterocycles. The van der Waals surface area contributed by atoms with Crippen LogP contribution in [0.25, 0.3) is 0 Å². The van der Waals surface area contributed by atoms with E-state index in [1.807, 2.05) is 12.3 Å². The zero-order valence-corrected chi connectivity index (χ0v) is 8.80. The number of aryl methyl sites for hydroxylation is 1. The minimum atomic E-state index is -0.116. The van der Waals surface area contributed by atoms with E-state index in [0.717, 1.165) is 24.2 Å². The predicted octanol–water partition coefficient (Wildman–Crippen LogP) is 0.929. The molecule has 0 bridgehead atoms. The number of nitrogens with zero attached hydrogens (tertiary/aromatic N) is 3. The Morgan fingerprint density at radius 1 is 1.50 bits per heavy atom. The molecule has 16 heavy (non-hydrogen) atoms. The van der Waals surface area contributed by atoms with Crippen molar-refractivity contribution >= 4 is 0 Å². The highest BCUT2D eigenvalue weighted by Crippen LogP contribution is 2.38. The van der Waals surface area contributed by atoms with Crippen molar-refractivity contribution in [1.29, 1.82) is 0 Å². The van der Waals surface area contributed by atoms with E-state index in [1.165, 1.54) is 5.56 Å². The fraction of sp³-hybridized carbons (Fsp3) is 0.364. The molecular weight excluding hydrogens is 202 g/mol. The lowest BCUT2D eigenvalue weighted by atomic mass is 9.95. The summed E-state index contributed by atoms with van der Waals surface area (Å²) in [7, 11) is 0. The molecule has 1 aliphatic carbocycles. The average molecular weight is 215 g/mol. The van der Waals surface area contributed by atoms with Gasteiger partial charge in [-0.05, 0) is 24.5 Å². The van der Waals surface area contributed by atoms with Crippen molar-refractivity contribution in [3.05, 3.63) is 41.5 Å². The highest BCUT2D eigenvalue weighted by atomic mass is 15.3. The lowest BCUT2D eigenvalue weighted by Gasteiger charge is -2.16. The molecule has 2 heterocycles. The molecule has 2 aromatic heterocycles. The second kappa shape index (κ2) is 3.68. The van der Waals surface area contributed by atoms with Gasteiger partial charge in [-0.15, -0.1) is 0 Å². The van der Waals surface area contributed by atoms with Gasteiger partial charge in [0.2, 0.25) is 0 Å². The van der Waals surface area contributed by atoms with Crippen molar-refractivity contribution in [2.24, 2.45) is 5.73 Å². The molecule has 1 aliphatic rings. The summed E-state index contributed by atoms with van der Waals surface area (Å²) in [6, 6.07) is 3.98. The van der Waals surface area contributed by atoms with E-state index in [1.54, 1.807) is 6.20 Å². The number of aromatic amines is 1. The summed E-state index contributed by atoms with van der Waals surface area (Å²) in [5.41, 5.74) is 9.44. The summed E-state index contributed by atoms with van der Waals surface area (Å²) in [5, 5.41) is 10.4. The predicted molar refractivity (Wildman–Crippen MR) is 58.6 cm³/mol. The Hall–Kier alpha value is -1.75. The van der Waals surface area contributed by atoms with Crippen molar-refractivity contribution < 1.29 is 0 Å². The van der Waals surface area contributed by atoms with Gasteiger partial charge in [-0.2, -0.15) is 15.4 Å². The van der Waals surface area contributed by atoms with Crippen LogP contribution in [0.3, 0.4) is 0 Å². The van der Waals surface area contributed by atoms with Gasteiger partial charge in [0.05, 0.1) is 17.9 Å². The Morgan fingerprint density at radius 2 is 2.44 bits per heavy atom. The number of hydrogen-bond donors (Lipinski definition) is 2. The molecule has 0 fully saturated rings. The van der Waals surface area contributed by atoms with Gasteiger partial charge in [-0.1, -0.05) is 6.07 Å². The number of rotatable bonds is 2. The molecule has 3 rings (SSSR count). The van der Waals surface area contributed by atoms with Gasteiger partial charge in [0.25, 0.3) is 0 Å².